The van der Waals surface area contributed by atoms with Gasteiger partial charge in [0.25, 0.3) is 0 Å². The number of carbonyl (C=O) groups excluding carboxylic acids is 2. The van der Waals surface area contributed by atoms with Gasteiger partial charge in [-0.3, -0.25) is 14.5 Å². The third-order valence-electron chi connectivity index (χ3n) is 5.90. The summed E-state index contributed by atoms with van der Waals surface area (Å²) in [6.07, 6.45) is 3.41. The van der Waals surface area contributed by atoms with E-state index in [1.165, 1.54) is 0 Å². The zero-order valence-corrected chi connectivity index (χ0v) is 16.1. The lowest BCUT2D eigenvalue weighted by Crippen LogP contribution is -2.44. The van der Waals surface area contributed by atoms with Gasteiger partial charge in [-0.2, -0.15) is 0 Å². The van der Waals surface area contributed by atoms with E-state index in [4.69, 9.17) is 14.0 Å². The van der Waals surface area contributed by atoms with Crippen LogP contribution in [0.5, 0.6) is 5.75 Å². The number of nitrogens with one attached hydrogen (secondary N) is 1. The minimum absolute atomic E-state index is 0.160. The maximum Gasteiger partial charge on any atom is 0.235 e. The molecule has 3 aliphatic rings. The molecule has 29 heavy (non-hydrogen) atoms. The van der Waals surface area contributed by atoms with Gasteiger partial charge in [-0.1, -0.05) is 29.4 Å². The first-order chi connectivity index (χ1) is 14.0. The van der Waals surface area contributed by atoms with Crippen molar-refractivity contribution in [3.63, 3.8) is 0 Å². The number of methoxy groups -OCH3 is 1. The number of carbonyl (C=O) groups is 2. The normalized spacial score (nSPS) is 29.4. The number of aromatic nitrogens is 1. The molecule has 2 saturated heterocycles. The first kappa shape index (κ1) is 17.9. The molecular formula is C21H21N3O5. The van der Waals surface area contributed by atoms with Gasteiger partial charge in [0.1, 0.15) is 17.1 Å². The molecule has 8 heteroatoms. The molecule has 1 aromatic heterocycles. The summed E-state index contributed by atoms with van der Waals surface area (Å²) in [5, 5.41) is 6.91. The predicted octanol–water partition coefficient (Wildman–Crippen LogP) is 1.59. The minimum atomic E-state index is -0.785. The topological polar surface area (TPSA) is 93.9 Å². The maximum atomic E-state index is 13.2. The van der Waals surface area contributed by atoms with Crippen molar-refractivity contribution in [1.82, 2.24) is 10.5 Å². The second kappa shape index (κ2) is 6.45. The second-order valence-electron chi connectivity index (χ2n) is 7.69. The molecule has 4 heterocycles. The standard InChI is InChI=1S/C21H21N3O5/c1-12-8-16(23-29-12)24-11-21-7-6-15(28-21)17(18(21)20(24)26)19(25)22-10-13-4-3-5-14(9-13)27-2/h3-9,15,17-18H,10-11H2,1-2H3,(H,22,25)/t15-,17+,18-,21-/m1/s1. The molecule has 1 aromatic carbocycles. The van der Waals surface area contributed by atoms with Crippen molar-refractivity contribution in [3.05, 3.63) is 53.8 Å². The quantitative estimate of drug-likeness (QED) is 0.773. The first-order valence-corrected chi connectivity index (χ1v) is 9.53. The predicted molar refractivity (Wildman–Crippen MR) is 102 cm³/mol. The zero-order valence-electron chi connectivity index (χ0n) is 16.1. The summed E-state index contributed by atoms with van der Waals surface area (Å²) in [5.41, 5.74) is 0.136. The van der Waals surface area contributed by atoms with Gasteiger partial charge in [0.2, 0.25) is 11.8 Å². The molecule has 3 aliphatic heterocycles. The van der Waals surface area contributed by atoms with Crippen LogP contribution in [0.3, 0.4) is 0 Å². The molecule has 1 spiro atoms. The van der Waals surface area contributed by atoms with E-state index in [1.54, 1.807) is 25.0 Å². The van der Waals surface area contributed by atoms with Gasteiger partial charge in [-0.15, -0.1) is 0 Å². The smallest absolute Gasteiger partial charge is 0.235 e. The van der Waals surface area contributed by atoms with E-state index in [1.807, 2.05) is 36.4 Å². The van der Waals surface area contributed by atoms with Gasteiger partial charge >= 0.3 is 0 Å². The van der Waals surface area contributed by atoms with E-state index < -0.39 is 23.5 Å². The highest BCUT2D eigenvalue weighted by atomic mass is 16.5. The van der Waals surface area contributed by atoms with Crippen LogP contribution in [-0.4, -0.2) is 42.3 Å². The molecule has 150 valence electrons. The van der Waals surface area contributed by atoms with Gasteiger partial charge in [0, 0.05) is 12.6 Å². The van der Waals surface area contributed by atoms with Gasteiger partial charge in [0.05, 0.1) is 31.6 Å². The summed E-state index contributed by atoms with van der Waals surface area (Å²) < 4.78 is 16.5. The highest BCUT2D eigenvalue weighted by molar-refractivity contribution is 6.02. The Kier molecular flexibility index (Phi) is 3.99. The van der Waals surface area contributed by atoms with Crippen molar-refractivity contribution in [1.29, 1.82) is 0 Å². The van der Waals surface area contributed by atoms with Crippen LogP contribution in [0.4, 0.5) is 5.82 Å². The van der Waals surface area contributed by atoms with Crippen LogP contribution in [0.1, 0.15) is 11.3 Å². The van der Waals surface area contributed by atoms with Crippen molar-refractivity contribution >= 4 is 17.6 Å². The molecule has 2 bridgehead atoms. The lowest BCUT2D eigenvalue weighted by atomic mass is 9.77. The Bertz CT molecular complexity index is 1020. The SMILES string of the molecule is COc1cccc(CNC(=O)[C@H]2[C@H]3C=C[C@]4(CN(c5cc(C)on5)C(=O)[C@@H]24)O3)c1. The van der Waals surface area contributed by atoms with E-state index in [9.17, 15) is 9.59 Å². The highest BCUT2D eigenvalue weighted by Gasteiger charge is 2.67. The van der Waals surface area contributed by atoms with Crippen molar-refractivity contribution in [3.8, 4) is 5.75 Å². The van der Waals surface area contributed by atoms with Crippen LogP contribution in [-0.2, 0) is 20.9 Å². The number of ether oxygens (including phenoxy) is 2. The average Bonchev–Trinajstić information content (AvgIpc) is 3.47. The summed E-state index contributed by atoms with van der Waals surface area (Å²) in [4.78, 5) is 27.8. The molecular weight excluding hydrogens is 374 g/mol. The number of aryl methyl sites for hydroxylation is 1. The molecule has 2 amide bonds. The molecule has 0 saturated carbocycles. The van der Waals surface area contributed by atoms with Crippen molar-refractivity contribution in [2.24, 2.45) is 11.8 Å². The van der Waals surface area contributed by atoms with E-state index in [0.29, 0.717) is 24.7 Å². The fourth-order valence-corrected chi connectivity index (χ4v) is 4.56. The number of nitrogens with zero attached hydrogens (tertiary/aromatic N) is 2. The van der Waals surface area contributed by atoms with Crippen LogP contribution < -0.4 is 15.0 Å². The first-order valence-electron chi connectivity index (χ1n) is 9.53. The number of hydrogen-bond acceptors (Lipinski definition) is 6. The number of benzene rings is 1. The third-order valence-corrected chi connectivity index (χ3v) is 5.90. The van der Waals surface area contributed by atoms with Crippen LogP contribution >= 0.6 is 0 Å². The Hall–Kier alpha value is -3.13. The van der Waals surface area contributed by atoms with Crippen molar-refractivity contribution in [2.45, 2.75) is 25.2 Å². The number of fused-ring (bicyclic) bond motifs is 1. The number of amides is 2. The number of anilines is 1. The molecule has 5 rings (SSSR count). The summed E-state index contributed by atoms with van der Waals surface area (Å²) >= 11 is 0. The maximum absolute atomic E-state index is 13.2. The Morgan fingerprint density at radius 3 is 3.03 bits per heavy atom. The average molecular weight is 395 g/mol. The Morgan fingerprint density at radius 1 is 1.41 bits per heavy atom. The third kappa shape index (κ3) is 2.74. The minimum Gasteiger partial charge on any atom is -0.497 e. The summed E-state index contributed by atoms with van der Waals surface area (Å²) in [5.74, 6) is 0.303. The molecule has 4 atom stereocenters. The Morgan fingerprint density at radius 2 is 2.28 bits per heavy atom. The molecule has 2 fully saturated rings. The highest BCUT2D eigenvalue weighted by Crippen LogP contribution is 2.52. The fourth-order valence-electron chi connectivity index (χ4n) is 4.56. The van der Waals surface area contributed by atoms with E-state index in [2.05, 4.69) is 10.5 Å². The summed E-state index contributed by atoms with van der Waals surface area (Å²) in [6, 6.07) is 9.22. The van der Waals surface area contributed by atoms with E-state index in [0.717, 1.165) is 11.3 Å². The Balaban J connectivity index is 1.35. The molecule has 0 aliphatic carbocycles. The fraction of sp³-hybridized carbons (Fsp3) is 0.381. The monoisotopic (exact) mass is 395 g/mol. The van der Waals surface area contributed by atoms with Gasteiger partial charge < -0.3 is 19.3 Å². The molecule has 2 aromatic rings. The van der Waals surface area contributed by atoms with E-state index in [-0.39, 0.29) is 11.8 Å². The van der Waals surface area contributed by atoms with Crippen molar-refractivity contribution < 1.29 is 23.6 Å². The molecule has 1 N–H and O–H groups in total. The lowest BCUT2D eigenvalue weighted by molar-refractivity contribution is -0.132. The molecule has 0 unspecified atom stereocenters. The van der Waals surface area contributed by atoms with Gasteiger partial charge in [-0.25, -0.2) is 0 Å². The summed E-state index contributed by atoms with van der Waals surface area (Å²) in [7, 11) is 1.60. The molecule has 0 radical (unpaired) electrons. The van der Waals surface area contributed by atoms with Crippen LogP contribution in [0.2, 0.25) is 0 Å². The zero-order chi connectivity index (χ0) is 20.2. The number of hydrogen-bond donors (Lipinski definition) is 1. The van der Waals surface area contributed by atoms with Crippen molar-refractivity contribution in [2.75, 3.05) is 18.6 Å². The van der Waals surface area contributed by atoms with Crippen LogP contribution in [0, 0.1) is 18.8 Å². The Labute approximate surface area is 167 Å². The van der Waals surface area contributed by atoms with E-state index >= 15 is 0 Å². The molecule has 8 nitrogen and oxygen atoms in total. The second-order valence-corrected chi connectivity index (χ2v) is 7.69. The van der Waals surface area contributed by atoms with Gasteiger partial charge in [-0.05, 0) is 24.6 Å². The largest absolute Gasteiger partial charge is 0.497 e. The lowest BCUT2D eigenvalue weighted by Gasteiger charge is -2.23. The van der Waals surface area contributed by atoms with Gasteiger partial charge in [0.15, 0.2) is 5.82 Å². The summed E-state index contributed by atoms with van der Waals surface area (Å²) in [6.45, 7) is 2.45. The van der Waals surface area contributed by atoms with Crippen LogP contribution in [0.25, 0.3) is 0 Å². The van der Waals surface area contributed by atoms with Crippen LogP contribution in [0.15, 0.2) is 47.0 Å². The number of rotatable bonds is 5.